The molecule has 28 heavy (non-hydrogen) atoms. The molecule has 1 aliphatic rings. The predicted octanol–water partition coefficient (Wildman–Crippen LogP) is 3.85. The predicted molar refractivity (Wildman–Crippen MR) is 109 cm³/mol. The standard InChI is InChI=1S/C23H29NO4/c1-17(2)28-20-10-9-18(15-21(20)26-3)16-24-22(25)23(11-13-27-14-12-23)19-7-5-4-6-8-19/h4-10,15,17H,11-14,16H2,1-3H3,(H,24,25). The quantitative estimate of drug-likeness (QED) is 0.789. The van der Waals surface area contributed by atoms with Crippen LogP contribution in [0.1, 0.15) is 37.8 Å². The number of hydrogen-bond donors (Lipinski definition) is 1. The van der Waals surface area contributed by atoms with Gasteiger partial charge >= 0.3 is 0 Å². The number of nitrogens with one attached hydrogen (secondary N) is 1. The number of carbonyl (C=O) groups excluding carboxylic acids is 1. The molecule has 2 aromatic rings. The Kier molecular flexibility index (Phi) is 6.57. The van der Waals surface area contributed by atoms with Gasteiger partial charge in [-0.15, -0.1) is 0 Å². The minimum absolute atomic E-state index is 0.0449. The lowest BCUT2D eigenvalue weighted by atomic mass is 9.73. The van der Waals surface area contributed by atoms with Gasteiger partial charge in [0.1, 0.15) is 0 Å². The normalized spacial score (nSPS) is 15.9. The molecule has 0 unspecified atom stereocenters. The first-order valence-corrected chi connectivity index (χ1v) is 9.80. The van der Waals surface area contributed by atoms with Gasteiger partial charge in [0.25, 0.3) is 0 Å². The minimum atomic E-state index is -0.537. The maximum absolute atomic E-state index is 13.2. The Morgan fingerprint density at radius 3 is 2.46 bits per heavy atom. The number of hydrogen-bond acceptors (Lipinski definition) is 4. The van der Waals surface area contributed by atoms with Gasteiger partial charge in [0.2, 0.25) is 5.91 Å². The lowest BCUT2D eigenvalue weighted by Crippen LogP contribution is -2.47. The molecule has 150 valence electrons. The van der Waals surface area contributed by atoms with Crippen LogP contribution in [-0.4, -0.2) is 32.3 Å². The number of rotatable bonds is 7. The van der Waals surface area contributed by atoms with Gasteiger partial charge in [-0.25, -0.2) is 0 Å². The van der Waals surface area contributed by atoms with Crippen LogP contribution in [0.25, 0.3) is 0 Å². The van der Waals surface area contributed by atoms with Crippen molar-refractivity contribution in [3.05, 3.63) is 59.7 Å². The molecule has 0 aromatic heterocycles. The maximum atomic E-state index is 13.2. The van der Waals surface area contributed by atoms with Gasteiger partial charge in [-0.1, -0.05) is 36.4 Å². The lowest BCUT2D eigenvalue weighted by Gasteiger charge is -2.36. The second-order valence-corrected chi connectivity index (χ2v) is 7.39. The van der Waals surface area contributed by atoms with E-state index in [1.54, 1.807) is 7.11 Å². The van der Waals surface area contributed by atoms with E-state index in [0.29, 0.717) is 44.1 Å². The summed E-state index contributed by atoms with van der Waals surface area (Å²) in [7, 11) is 1.62. The summed E-state index contributed by atoms with van der Waals surface area (Å²) < 4.78 is 16.7. The lowest BCUT2D eigenvalue weighted by molar-refractivity contribution is -0.130. The molecule has 0 radical (unpaired) electrons. The third kappa shape index (κ3) is 4.47. The first kappa shape index (κ1) is 20.2. The zero-order valence-electron chi connectivity index (χ0n) is 16.9. The van der Waals surface area contributed by atoms with Crippen LogP contribution in [0.4, 0.5) is 0 Å². The van der Waals surface area contributed by atoms with Crippen molar-refractivity contribution in [2.24, 2.45) is 0 Å². The molecule has 1 fully saturated rings. The molecule has 2 aromatic carbocycles. The minimum Gasteiger partial charge on any atom is -0.493 e. The Hall–Kier alpha value is -2.53. The smallest absolute Gasteiger partial charge is 0.231 e. The number of amides is 1. The monoisotopic (exact) mass is 383 g/mol. The van der Waals surface area contributed by atoms with Crippen LogP contribution < -0.4 is 14.8 Å². The molecule has 5 heteroatoms. The van der Waals surface area contributed by atoms with Crippen molar-refractivity contribution < 1.29 is 19.0 Å². The molecule has 1 aliphatic heterocycles. The van der Waals surface area contributed by atoms with Crippen LogP contribution >= 0.6 is 0 Å². The van der Waals surface area contributed by atoms with E-state index < -0.39 is 5.41 Å². The van der Waals surface area contributed by atoms with Crippen molar-refractivity contribution in [3.63, 3.8) is 0 Å². The molecule has 1 N–H and O–H groups in total. The summed E-state index contributed by atoms with van der Waals surface area (Å²) in [6.07, 6.45) is 1.44. The molecule has 1 heterocycles. The molecule has 0 saturated carbocycles. The first-order chi connectivity index (χ1) is 13.5. The fraction of sp³-hybridized carbons (Fsp3) is 0.435. The third-order valence-electron chi connectivity index (χ3n) is 5.15. The van der Waals surface area contributed by atoms with Crippen molar-refractivity contribution in [1.82, 2.24) is 5.32 Å². The molecule has 5 nitrogen and oxygen atoms in total. The van der Waals surface area contributed by atoms with E-state index in [-0.39, 0.29) is 12.0 Å². The summed E-state index contributed by atoms with van der Waals surface area (Å²) in [5.74, 6) is 1.42. The summed E-state index contributed by atoms with van der Waals surface area (Å²) in [5, 5.41) is 3.13. The Labute approximate surface area is 167 Å². The van der Waals surface area contributed by atoms with Crippen molar-refractivity contribution >= 4 is 5.91 Å². The molecular weight excluding hydrogens is 354 g/mol. The van der Waals surface area contributed by atoms with Gasteiger partial charge < -0.3 is 19.5 Å². The Morgan fingerprint density at radius 1 is 1.11 bits per heavy atom. The van der Waals surface area contributed by atoms with Crippen LogP contribution in [0.3, 0.4) is 0 Å². The number of carbonyl (C=O) groups is 1. The molecule has 1 amide bonds. The summed E-state index contributed by atoms with van der Waals surface area (Å²) in [6.45, 7) is 5.58. The molecule has 0 atom stereocenters. The SMILES string of the molecule is COc1cc(CNC(=O)C2(c3ccccc3)CCOCC2)ccc1OC(C)C. The fourth-order valence-corrected chi connectivity index (χ4v) is 3.65. The van der Waals surface area contributed by atoms with E-state index in [2.05, 4.69) is 5.32 Å². The van der Waals surface area contributed by atoms with Crippen LogP contribution in [0.2, 0.25) is 0 Å². The van der Waals surface area contributed by atoms with Gasteiger partial charge in [0, 0.05) is 19.8 Å². The Morgan fingerprint density at radius 2 is 1.82 bits per heavy atom. The highest BCUT2D eigenvalue weighted by molar-refractivity contribution is 5.88. The summed E-state index contributed by atoms with van der Waals surface area (Å²) in [4.78, 5) is 13.2. The highest BCUT2D eigenvalue weighted by Gasteiger charge is 2.41. The second kappa shape index (κ2) is 9.11. The zero-order valence-corrected chi connectivity index (χ0v) is 16.9. The largest absolute Gasteiger partial charge is 0.493 e. The number of benzene rings is 2. The molecule has 0 spiro atoms. The molecular formula is C23H29NO4. The summed E-state index contributed by atoms with van der Waals surface area (Å²) in [5.41, 5.74) is 1.48. The topological polar surface area (TPSA) is 56.8 Å². The average molecular weight is 383 g/mol. The van der Waals surface area contributed by atoms with Crippen LogP contribution in [0, 0.1) is 0 Å². The van der Waals surface area contributed by atoms with Gasteiger partial charge in [0.15, 0.2) is 11.5 Å². The van der Waals surface area contributed by atoms with E-state index in [9.17, 15) is 4.79 Å². The van der Waals surface area contributed by atoms with Gasteiger partial charge in [-0.2, -0.15) is 0 Å². The third-order valence-corrected chi connectivity index (χ3v) is 5.15. The van der Waals surface area contributed by atoms with Crippen molar-refractivity contribution in [2.75, 3.05) is 20.3 Å². The number of ether oxygens (including phenoxy) is 3. The highest BCUT2D eigenvalue weighted by atomic mass is 16.5. The van der Waals surface area contributed by atoms with Crippen molar-refractivity contribution in [3.8, 4) is 11.5 Å². The van der Waals surface area contributed by atoms with E-state index in [4.69, 9.17) is 14.2 Å². The fourth-order valence-electron chi connectivity index (χ4n) is 3.65. The maximum Gasteiger partial charge on any atom is 0.231 e. The Bertz CT molecular complexity index is 782. The first-order valence-electron chi connectivity index (χ1n) is 9.80. The average Bonchev–Trinajstić information content (AvgIpc) is 2.73. The van der Waals surface area contributed by atoms with E-state index in [1.807, 2.05) is 62.4 Å². The summed E-state index contributed by atoms with van der Waals surface area (Å²) >= 11 is 0. The van der Waals surface area contributed by atoms with E-state index in [1.165, 1.54) is 0 Å². The van der Waals surface area contributed by atoms with Gasteiger partial charge in [-0.05, 0) is 49.9 Å². The molecule has 0 bridgehead atoms. The molecule has 3 rings (SSSR count). The van der Waals surface area contributed by atoms with Crippen molar-refractivity contribution in [2.45, 2.75) is 44.8 Å². The van der Waals surface area contributed by atoms with Crippen molar-refractivity contribution in [1.29, 1.82) is 0 Å². The molecule has 0 aliphatic carbocycles. The highest BCUT2D eigenvalue weighted by Crippen LogP contribution is 2.35. The second-order valence-electron chi connectivity index (χ2n) is 7.39. The van der Waals surface area contributed by atoms with Gasteiger partial charge in [0.05, 0.1) is 18.6 Å². The van der Waals surface area contributed by atoms with Crippen LogP contribution in [0.15, 0.2) is 48.5 Å². The van der Waals surface area contributed by atoms with E-state index in [0.717, 1.165) is 11.1 Å². The molecule has 1 saturated heterocycles. The Balaban J connectivity index is 1.74. The van der Waals surface area contributed by atoms with E-state index >= 15 is 0 Å². The van der Waals surface area contributed by atoms with Crippen LogP contribution in [0.5, 0.6) is 11.5 Å². The van der Waals surface area contributed by atoms with Crippen LogP contribution in [-0.2, 0) is 21.5 Å². The summed E-state index contributed by atoms with van der Waals surface area (Å²) in [6, 6.07) is 15.8. The van der Waals surface area contributed by atoms with Gasteiger partial charge in [-0.3, -0.25) is 4.79 Å². The zero-order chi connectivity index (χ0) is 20.0. The number of methoxy groups -OCH3 is 1.